The Bertz CT molecular complexity index is 1260. The van der Waals surface area contributed by atoms with Gasteiger partial charge in [-0.2, -0.15) is 0 Å². The molecule has 1 atom stereocenters. The van der Waals surface area contributed by atoms with Crippen LogP contribution in [0, 0.1) is 0 Å². The van der Waals surface area contributed by atoms with Crippen molar-refractivity contribution in [1.82, 2.24) is 10.2 Å². The number of hydrogen-bond donors (Lipinski definition) is 3. The molecule has 0 unspecified atom stereocenters. The molecule has 5 rings (SSSR count). The highest BCUT2D eigenvalue weighted by Gasteiger charge is 2.25. The molecule has 3 aromatic rings. The van der Waals surface area contributed by atoms with E-state index in [1.807, 2.05) is 49.4 Å². The van der Waals surface area contributed by atoms with Crippen LogP contribution >= 0.6 is 0 Å². The lowest BCUT2D eigenvalue weighted by Crippen LogP contribution is -2.29. The molecule has 3 N–H and O–H groups in total. The molecule has 1 fully saturated rings. The molecule has 6 nitrogen and oxygen atoms in total. The first-order chi connectivity index (χ1) is 17.6. The molecule has 36 heavy (non-hydrogen) atoms. The van der Waals surface area contributed by atoms with Gasteiger partial charge in [0.15, 0.2) is 0 Å². The molecule has 0 saturated carbocycles. The molecule has 184 valence electrons. The van der Waals surface area contributed by atoms with Gasteiger partial charge in [0.25, 0.3) is 11.8 Å². The van der Waals surface area contributed by atoms with Crippen molar-refractivity contribution < 1.29 is 9.59 Å². The second-order valence-electron chi connectivity index (χ2n) is 9.56. The Balaban J connectivity index is 1.26. The fraction of sp³-hybridized carbons (Fsp3) is 0.267. The Morgan fingerprint density at radius 3 is 2.50 bits per heavy atom. The van der Waals surface area contributed by atoms with E-state index in [0.717, 1.165) is 17.8 Å². The van der Waals surface area contributed by atoms with Gasteiger partial charge < -0.3 is 16.0 Å². The number of carbonyl (C=O) groups excluding carboxylic acids is 2. The number of amides is 2. The van der Waals surface area contributed by atoms with Crippen molar-refractivity contribution in [3.05, 3.63) is 101 Å². The van der Waals surface area contributed by atoms with E-state index in [0.29, 0.717) is 22.4 Å². The molecule has 3 aromatic carbocycles. The minimum Gasteiger partial charge on any atom is -0.361 e. The molecular weight excluding hydrogens is 448 g/mol. The first kappa shape index (κ1) is 23.8. The van der Waals surface area contributed by atoms with Gasteiger partial charge in [0.2, 0.25) is 0 Å². The number of carbonyl (C=O) groups is 2. The van der Waals surface area contributed by atoms with Crippen LogP contribution in [0.4, 0.5) is 11.4 Å². The van der Waals surface area contributed by atoms with Gasteiger partial charge in [0.1, 0.15) is 0 Å². The molecule has 2 aliphatic rings. The number of likely N-dealkylation sites (tertiary alicyclic amines) is 1. The molecule has 6 heteroatoms. The first-order valence-electron chi connectivity index (χ1n) is 12.7. The molecule has 2 amide bonds. The second kappa shape index (κ2) is 10.8. The van der Waals surface area contributed by atoms with Crippen molar-refractivity contribution in [3.8, 4) is 0 Å². The van der Waals surface area contributed by atoms with Crippen molar-refractivity contribution in [2.75, 3.05) is 23.7 Å². The van der Waals surface area contributed by atoms with Gasteiger partial charge >= 0.3 is 0 Å². The van der Waals surface area contributed by atoms with E-state index < -0.39 is 0 Å². The fourth-order valence-corrected chi connectivity index (χ4v) is 4.82. The number of benzene rings is 3. The monoisotopic (exact) mass is 480 g/mol. The van der Waals surface area contributed by atoms with Crippen LogP contribution in [0.25, 0.3) is 5.57 Å². The zero-order chi connectivity index (χ0) is 24.9. The molecule has 1 saturated heterocycles. The minimum atomic E-state index is -0.186. The summed E-state index contributed by atoms with van der Waals surface area (Å²) in [6, 6.07) is 23.4. The minimum absolute atomic E-state index is 0.124. The Labute approximate surface area is 212 Å². The Kier molecular flexibility index (Phi) is 7.14. The number of anilines is 2. The van der Waals surface area contributed by atoms with Crippen LogP contribution in [0.1, 0.15) is 59.3 Å². The standard InChI is InChI=1S/C30H32N4O2/c1-21(23-8-4-2-5-9-23)32-29(35)24-12-15-28-26(18-24)27(30(36)33-28)19-31-25-13-10-22(11-14-25)20-34-16-6-3-7-17-34/h2,4-5,8-15,18-19,21,31H,3,6-7,16-17,20H2,1H3,(H,32,35)(H,33,36)/b27-19-/t21-/m1/s1. The summed E-state index contributed by atoms with van der Waals surface area (Å²) in [6.07, 6.45) is 5.62. The quantitative estimate of drug-likeness (QED) is 0.387. The number of hydrogen-bond acceptors (Lipinski definition) is 4. The summed E-state index contributed by atoms with van der Waals surface area (Å²) >= 11 is 0. The molecule has 0 aliphatic carbocycles. The fourth-order valence-electron chi connectivity index (χ4n) is 4.82. The molecule has 0 bridgehead atoms. The summed E-state index contributed by atoms with van der Waals surface area (Å²) in [7, 11) is 0. The third-order valence-electron chi connectivity index (χ3n) is 6.90. The highest BCUT2D eigenvalue weighted by atomic mass is 16.2. The number of fused-ring (bicyclic) bond motifs is 1. The van der Waals surface area contributed by atoms with Crippen molar-refractivity contribution in [2.24, 2.45) is 0 Å². The second-order valence-corrected chi connectivity index (χ2v) is 9.56. The van der Waals surface area contributed by atoms with Crippen molar-refractivity contribution in [2.45, 2.75) is 38.8 Å². The lowest BCUT2D eigenvalue weighted by molar-refractivity contribution is -0.110. The average molecular weight is 481 g/mol. The predicted molar refractivity (Wildman–Crippen MR) is 145 cm³/mol. The lowest BCUT2D eigenvalue weighted by Gasteiger charge is -2.26. The van der Waals surface area contributed by atoms with Gasteiger partial charge in [-0.25, -0.2) is 0 Å². The molecule has 2 aliphatic heterocycles. The van der Waals surface area contributed by atoms with Gasteiger partial charge in [-0.05, 0) is 74.3 Å². The summed E-state index contributed by atoms with van der Waals surface area (Å²) in [5.41, 5.74) is 5.69. The number of nitrogens with zero attached hydrogens (tertiary/aromatic N) is 1. The SMILES string of the molecule is C[C@@H](NC(=O)c1ccc2c(c1)/C(=C/Nc1ccc(CN3CCCCC3)cc1)C(=O)N2)c1ccccc1. The molecule has 0 aromatic heterocycles. The van der Waals surface area contributed by atoms with Crippen LogP contribution in [0.15, 0.2) is 79.0 Å². The summed E-state index contributed by atoms with van der Waals surface area (Å²) < 4.78 is 0. The Morgan fingerprint density at radius 2 is 1.75 bits per heavy atom. The summed E-state index contributed by atoms with van der Waals surface area (Å²) in [5, 5.41) is 9.18. The zero-order valence-corrected chi connectivity index (χ0v) is 20.6. The normalized spacial score (nSPS) is 17.4. The van der Waals surface area contributed by atoms with Gasteiger partial charge in [0, 0.05) is 35.2 Å². The van der Waals surface area contributed by atoms with E-state index >= 15 is 0 Å². The van der Waals surface area contributed by atoms with Crippen molar-refractivity contribution >= 4 is 28.8 Å². The van der Waals surface area contributed by atoms with Crippen molar-refractivity contribution in [1.29, 1.82) is 0 Å². The average Bonchev–Trinajstić information content (AvgIpc) is 3.23. The zero-order valence-electron chi connectivity index (χ0n) is 20.6. The van der Waals surface area contributed by atoms with E-state index in [2.05, 4.69) is 33.0 Å². The van der Waals surface area contributed by atoms with Gasteiger partial charge in [-0.1, -0.05) is 48.9 Å². The van der Waals surface area contributed by atoms with Crippen molar-refractivity contribution in [3.63, 3.8) is 0 Å². The molecule has 0 spiro atoms. The topological polar surface area (TPSA) is 73.5 Å². The van der Waals surface area contributed by atoms with E-state index in [1.54, 1.807) is 24.4 Å². The maximum atomic E-state index is 12.9. The summed E-state index contributed by atoms with van der Waals surface area (Å²) in [5.74, 6) is -0.362. The maximum Gasteiger partial charge on any atom is 0.257 e. The third kappa shape index (κ3) is 5.50. The van der Waals surface area contributed by atoms with Crippen LogP contribution < -0.4 is 16.0 Å². The summed E-state index contributed by atoms with van der Waals surface area (Å²) in [6.45, 7) is 5.28. The predicted octanol–water partition coefficient (Wildman–Crippen LogP) is 5.57. The van der Waals surface area contributed by atoms with Gasteiger partial charge in [0.05, 0.1) is 11.6 Å². The Morgan fingerprint density at radius 1 is 1.00 bits per heavy atom. The smallest absolute Gasteiger partial charge is 0.257 e. The lowest BCUT2D eigenvalue weighted by atomic mass is 10.0. The van der Waals surface area contributed by atoms with E-state index in [9.17, 15) is 9.59 Å². The van der Waals surface area contributed by atoms with Crippen LogP contribution in [0.2, 0.25) is 0 Å². The highest BCUT2D eigenvalue weighted by Crippen LogP contribution is 2.32. The van der Waals surface area contributed by atoms with Crippen LogP contribution in [0.3, 0.4) is 0 Å². The number of nitrogens with one attached hydrogen (secondary N) is 3. The van der Waals surface area contributed by atoms with E-state index in [4.69, 9.17) is 0 Å². The highest BCUT2D eigenvalue weighted by molar-refractivity contribution is 6.32. The van der Waals surface area contributed by atoms with E-state index in [-0.39, 0.29) is 17.9 Å². The van der Waals surface area contributed by atoms with Gasteiger partial charge in [-0.15, -0.1) is 0 Å². The molecule has 0 radical (unpaired) electrons. The third-order valence-corrected chi connectivity index (χ3v) is 6.90. The van der Waals surface area contributed by atoms with Gasteiger partial charge in [-0.3, -0.25) is 14.5 Å². The van der Waals surface area contributed by atoms with Crippen LogP contribution in [-0.4, -0.2) is 29.8 Å². The largest absolute Gasteiger partial charge is 0.361 e. The van der Waals surface area contributed by atoms with Crippen LogP contribution in [-0.2, 0) is 11.3 Å². The number of rotatable bonds is 7. The maximum absolute atomic E-state index is 12.9. The molecular formula is C30H32N4O2. The molecule has 2 heterocycles. The number of piperidine rings is 1. The Hall–Kier alpha value is -3.90. The van der Waals surface area contributed by atoms with Crippen LogP contribution in [0.5, 0.6) is 0 Å². The summed E-state index contributed by atoms with van der Waals surface area (Å²) in [4.78, 5) is 28.1. The first-order valence-corrected chi connectivity index (χ1v) is 12.7. The van der Waals surface area contributed by atoms with E-state index in [1.165, 1.54) is 37.9 Å².